The molecule has 0 aliphatic heterocycles. The van der Waals surface area contributed by atoms with E-state index in [-0.39, 0.29) is 34.6 Å². The molecule has 1 amide bonds. The fourth-order valence-electron chi connectivity index (χ4n) is 1.62. The lowest BCUT2D eigenvalue weighted by molar-refractivity contribution is -1.63. The van der Waals surface area contributed by atoms with Crippen molar-refractivity contribution in [1.82, 2.24) is 0 Å². The van der Waals surface area contributed by atoms with Gasteiger partial charge in [0.1, 0.15) is 17.1 Å². The molecular weight excluding hydrogens is 369 g/mol. The number of benzene rings is 2. The summed E-state index contributed by atoms with van der Waals surface area (Å²) in [5.74, 6) is -0.626. The Kier molecular flexibility index (Phi) is 10.5. The SMILES string of the molecule is CC(=O)Nc1ccc(OC(=O)c2ccccc2O)cc1.[Al].[O-][Cl+2]([O-])O. The monoisotopic (exact) mass is 382 g/mol. The lowest BCUT2D eigenvalue weighted by Crippen LogP contribution is -2.30. The molecule has 0 aliphatic rings. The number of phenolic OH excluding ortho intramolecular Hbond substituents is 1. The number of nitrogens with one attached hydrogen (secondary N) is 1. The second-order valence-electron chi connectivity index (χ2n) is 4.31. The van der Waals surface area contributed by atoms with E-state index >= 15 is 0 Å². The molecule has 0 aromatic heterocycles. The quantitative estimate of drug-likeness (QED) is 0.360. The summed E-state index contributed by atoms with van der Waals surface area (Å²) in [4.78, 5) is 22.7. The second kappa shape index (κ2) is 11.4. The van der Waals surface area contributed by atoms with Crippen molar-refractivity contribution >= 4 is 34.9 Å². The van der Waals surface area contributed by atoms with Crippen molar-refractivity contribution in [1.29, 1.82) is 0 Å². The summed E-state index contributed by atoms with van der Waals surface area (Å²) >= 11 is 0. The minimum atomic E-state index is -2.60. The maximum Gasteiger partial charge on any atom is 0.347 e. The number of halogens is 1. The number of aromatic hydroxyl groups is 1. The Bertz CT molecular complexity index is 692. The Balaban J connectivity index is 0.00000104. The molecule has 3 radical (unpaired) electrons. The van der Waals surface area contributed by atoms with Crippen molar-refractivity contribution in [3.8, 4) is 11.5 Å². The van der Waals surface area contributed by atoms with Crippen LogP contribution in [0.2, 0.25) is 0 Å². The predicted octanol–water partition coefficient (Wildman–Crippen LogP) is -0.746. The Labute approximate surface area is 157 Å². The van der Waals surface area contributed by atoms with Crippen LogP contribution in [0.15, 0.2) is 48.5 Å². The molecule has 131 valence electrons. The van der Waals surface area contributed by atoms with Gasteiger partial charge in [0.2, 0.25) is 5.91 Å². The van der Waals surface area contributed by atoms with E-state index in [9.17, 15) is 14.7 Å². The molecule has 10 heteroatoms. The van der Waals surface area contributed by atoms with Crippen LogP contribution in [0.5, 0.6) is 11.5 Å². The molecule has 0 fully saturated rings. The highest BCUT2D eigenvalue weighted by Gasteiger charge is 2.12. The zero-order chi connectivity index (χ0) is 18.1. The molecule has 25 heavy (non-hydrogen) atoms. The number of esters is 1. The normalized spacial score (nSPS) is 9.32. The highest BCUT2D eigenvalue weighted by molar-refractivity contribution is 5.94. The van der Waals surface area contributed by atoms with E-state index in [1.807, 2.05) is 0 Å². The topological polar surface area (TPSA) is 142 Å². The number of rotatable bonds is 3. The fourth-order valence-corrected chi connectivity index (χ4v) is 1.62. The third-order valence-corrected chi connectivity index (χ3v) is 2.51. The number of carbonyl (C=O) groups is 2. The first kappa shape index (κ1) is 22.9. The molecule has 0 spiro atoms. The first-order chi connectivity index (χ1) is 11.3. The van der Waals surface area contributed by atoms with E-state index in [0.717, 1.165) is 0 Å². The summed E-state index contributed by atoms with van der Waals surface area (Å²) < 4.78 is 29.1. The number of amides is 1. The van der Waals surface area contributed by atoms with Crippen molar-refractivity contribution in [3.63, 3.8) is 0 Å². The van der Waals surface area contributed by atoms with E-state index in [0.29, 0.717) is 11.4 Å². The van der Waals surface area contributed by atoms with Gasteiger partial charge in [-0.1, -0.05) is 12.1 Å². The third-order valence-electron chi connectivity index (χ3n) is 2.51. The average Bonchev–Trinajstić information content (AvgIpc) is 2.48. The van der Waals surface area contributed by atoms with Gasteiger partial charge >= 0.3 is 5.97 Å². The van der Waals surface area contributed by atoms with Crippen LogP contribution >= 0.6 is 0 Å². The van der Waals surface area contributed by atoms with Crippen LogP contribution < -0.4 is 19.4 Å². The maximum atomic E-state index is 11.8. The van der Waals surface area contributed by atoms with Gasteiger partial charge < -0.3 is 24.5 Å². The average molecular weight is 383 g/mol. The molecule has 2 rings (SSSR count). The van der Waals surface area contributed by atoms with Gasteiger partial charge in [-0.3, -0.25) is 4.79 Å². The third kappa shape index (κ3) is 9.07. The molecule has 2 aromatic rings. The zero-order valence-corrected chi connectivity index (χ0v) is 14.9. The molecule has 0 heterocycles. The Morgan fingerprint density at radius 3 is 2.08 bits per heavy atom. The number of hydrogen-bond acceptors (Lipinski definition) is 7. The molecule has 2 aromatic carbocycles. The van der Waals surface area contributed by atoms with Gasteiger partial charge in [0.05, 0.1) is 0 Å². The van der Waals surface area contributed by atoms with Crippen LogP contribution in [0.4, 0.5) is 5.69 Å². The van der Waals surface area contributed by atoms with Crippen LogP contribution in [0, 0.1) is 10.8 Å². The molecule has 0 saturated carbocycles. The minimum absolute atomic E-state index is 0. The molecule has 0 aliphatic carbocycles. The van der Waals surface area contributed by atoms with Crippen LogP contribution in [-0.2, 0) is 4.79 Å². The Hall–Kier alpha value is -2.12. The van der Waals surface area contributed by atoms with Crippen LogP contribution in [0.3, 0.4) is 0 Å². The summed E-state index contributed by atoms with van der Waals surface area (Å²) in [6, 6.07) is 12.5. The van der Waals surface area contributed by atoms with E-state index < -0.39 is 16.8 Å². The summed E-state index contributed by atoms with van der Waals surface area (Å²) in [6.07, 6.45) is 0. The fraction of sp³-hybridized carbons (Fsp3) is 0.0667. The summed E-state index contributed by atoms with van der Waals surface area (Å²) in [7, 11) is -2.60. The zero-order valence-electron chi connectivity index (χ0n) is 13.0. The smallest absolute Gasteiger partial charge is 0.347 e. The minimum Gasteiger partial charge on any atom is -0.507 e. The van der Waals surface area contributed by atoms with Crippen LogP contribution in [-0.4, -0.2) is 39.0 Å². The summed E-state index contributed by atoms with van der Waals surface area (Å²) in [6.45, 7) is 1.41. The van der Waals surface area contributed by atoms with Gasteiger partial charge in [-0.05, 0) is 36.4 Å². The second-order valence-corrected chi connectivity index (χ2v) is 4.72. The summed E-state index contributed by atoms with van der Waals surface area (Å²) in [5, 5.41) is 12.2. The van der Waals surface area contributed by atoms with Crippen molar-refractivity contribution in [2.45, 2.75) is 6.92 Å². The van der Waals surface area contributed by atoms with Crippen molar-refractivity contribution in [3.05, 3.63) is 54.1 Å². The molecule has 8 nitrogen and oxygen atoms in total. The van der Waals surface area contributed by atoms with Crippen molar-refractivity contribution in [2.24, 2.45) is 0 Å². The van der Waals surface area contributed by atoms with Crippen molar-refractivity contribution in [2.75, 3.05) is 5.32 Å². The highest BCUT2D eigenvalue weighted by atomic mass is 35.6. The molecule has 3 N–H and O–H groups in total. The number of para-hydroxylation sites is 1. The molecule has 0 saturated heterocycles. The van der Waals surface area contributed by atoms with Gasteiger partial charge in [0, 0.05) is 34.6 Å². The molecular formula is C15H14AlClNO7. The maximum absolute atomic E-state index is 11.8. The molecule has 0 unspecified atom stereocenters. The molecule has 0 bridgehead atoms. The number of hydrogen-bond donors (Lipinski definition) is 3. The lowest BCUT2D eigenvalue weighted by atomic mass is 10.2. The Morgan fingerprint density at radius 1 is 1.08 bits per heavy atom. The number of phenols is 1. The van der Waals surface area contributed by atoms with Gasteiger partial charge in [0.15, 0.2) is 0 Å². The number of carbonyl (C=O) groups excluding carboxylic acids is 2. The largest absolute Gasteiger partial charge is 0.507 e. The predicted molar refractivity (Wildman–Crippen MR) is 81.8 cm³/mol. The number of ether oxygens (including phenoxy) is 1. The Morgan fingerprint density at radius 2 is 1.60 bits per heavy atom. The first-order valence-corrected chi connectivity index (χ1v) is 7.37. The van der Waals surface area contributed by atoms with Crippen LogP contribution in [0.1, 0.15) is 17.3 Å². The highest BCUT2D eigenvalue weighted by Crippen LogP contribution is 2.20. The van der Waals surface area contributed by atoms with Crippen molar-refractivity contribution < 1.29 is 44.2 Å². The van der Waals surface area contributed by atoms with Gasteiger partial charge in [0.25, 0.3) is 10.8 Å². The van der Waals surface area contributed by atoms with Gasteiger partial charge in [-0.2, -0.15) is 0 Å². The van der Waals surface area contributed by atoms with Gasteiger partial charge in [-0.15, -0.1) is 0 Å². The van der Waals surface area contributed by atoms with Crippen LogP contribution in [0.25, 0.3) is 0 Å². The van der Waals surface area contributed by atoms with Gasteiger partial charge in [-0.25, -0.2) is 4.79 Å². The summed E-state index contributed by atoms with van der Waals surface area (Å²) in [5.41, 5.74) is 0.707. The van der Waals surface area contributed by atoms with E-state index in [2.05, 4.69) is 5.32 Å². The van der Waals surface area contributed by atoms with E-state index in [4.69, 9.17) is 18.7 Å². The molecule has 0 atom stereocenters. The van der Waals surface area contributed by atoms with E-state index in [1.165, 1.54) is 19.1 Å². The number of anilines is 1. The van der Waals surface area contributed by atoms with E-state index in [1.54, 1.807) is 36.4 Å². The standard InChI is InChI=1S/C15H13NO4.Al.ClHO3/c1-10(17)16-11-6-8-12(9-7-11)20-15(19)13-4-2-3-5-14(13)18;;2-1(3)4/h2-9,18H,1H3,(H,16,17);;2H. The lowest BCUT2D eigenvalue weighted by Gasteiger charge is -2.07. The first-order valence-electron chi connectivity index (χ1n) is 6.42.